The average Bonchev–Trinajstić information content (AvgIpc) is 3.30. The highest BCUT2D eigenvalue weighted by Crippen LogP contribution is 2.34. The van der Waals surface area contributed by atoms with Crippen LogP contribution in [0.4, 0.5) is 0 Å². The Labute approximate surface area is 114 Å². The molecule has 0 heterocycles. The van der Waals surface area contributed by atoms with Gasteiger partial charge in [0.05, 0.1) is 5.71 Å². The zero-order valence-electron chi connectivity index (χ0n) is 10.8. The Morgan fingerprint density at radius 2 is 1.37 bits per heavy atom. The molecule has 2 aromatic carbocycles. The maximum atomic E-state index is 8.48. The molecule has 1 N–H and O–H groups in total. The molecular weight excluding hydrogens is 230 g/mol. The summed E-state index contributed by atoms with van der Waals surface area (Å²) in [6, 6.07) is 20.2. The fourth-order valence-electron chi connectivity index (χ4n) is 2.20. The number of allylic oxidation sites excluding steroid dienone is 2. The molecule has 0 radical (unpaired) electrons. The Morgan fingerprint density at radius 1 is 0.842 bits per heavy atom. The van der Waals surface area contributed by atoms with Crippen LogP contribution in [0.25, 0.3) is 5.57 Å². The molecule has 0 unspecified atom stereocenters. The lowest BCUT2D eigenvalue weighted by molar-refractivity contribution is 1.13. The summed E-state index contributed by atoms with van der Waals surface area (Å²) in [6.07, 6.45) is 4.79. The van der Waals surface area contributed by atoms with Gasteiger partial charge >= 0.3 is 0 Å². The van der Waals surface area contributed by atoms with E-state index in [0.717, 1.165) is 16.7 Å². The maximum Gasteiger partial charge on any atom is 0.0687 e. The molecule has 1 fully saturated rings. The van der Waals surface area contributed by atoms with Crippen molar-refractivity contribution in [2.24, 2.45) is 5.92 Å². The number of rotatable bonds is 4. The van der Waals surface area contributed by atoms with E-state index in [1.54, 1.807) is 0 Å². The first kappa shape index (κ1) is 11.9. The lowest BCUT2D eigenvalue weighted by atomic mass is 9.95. The molecule has 0 aliphatic heterocycles. The topological polar surface area (TPSA) is 23.9 Å². The van der Waals surface area contributed by atoms with Crippen molar-refractivity contribution in [3.05, 3.63) is 77.9 Å². The molecule has 1 aliphatic rings. The van der Waals surface area contributed by atoms with Crippen molar-refractivity contribution in [3.8, 4) is 0 Å². The fraction of sp³-hybridized carbons (Fsp3) is 0.167. The first-order chi connectivity index (χ1) is 9.34. The molecule has 0 saturated heterocycles. The second-order valence-electron chi connectivity index (χ2n) is 5.02. The summed E-state index contributed by atoms with van der Waals surface area (Å²) < 4.78 is 0. The van der Waals surface area contributed by atoms with Crippen LogP contribution in [0, 0.1) is 11.3 Å². The quantitative estimate of drug-likeness (QED) is 0.766. The lowest BCUT2D eigenvalue weighted by Crippen LogP contribution is -2.03. The predicted molar refractivity (Wildman–Crippen MR) is 80.4 cm³/mol. The summed E-state index contributed by atoms with van der Waals surface area (Å²) in [6.45, 7) is 0. The normalized spacial score (nSPS) is 15.3. The third kappa shape index (κ3) is 2.82. The zero-order chi connectivity index (χ0) is 13.1. The fourth-order valence-corrected chi connectivity index (χ4v) is 2.20. The second-order valence-corrected chi connectivity index (χ2v) is 5.02. The Balaban J connectivity index is 1.99. The summed E-state index contributed by atoms with van der Waals surface area (Å²) in [5, 5.41) is 8.48. The van der Waals surface area contributed by atoms with E-state index in [-0.39, 0.29) is 0 Å². The van der Waals surface area contributed by atoms with Crippen LogP contribution in [0.3, 0.4) is 0 Å². The minimum atomic E-state index is 0.624. The Hall–Kier alpha value is -2.15. The minimum absolute atomic E-state index is 0.624. The molecule has 3 rings (SSSR count). The van der Waals surface area contributed by atoms with E-state index in [1.807, 2.05) is 48.5 Å². The molecule has 1 heteroatoms. The number of hydrogen-bond donors (Lipinski definition) is 1. The van der Waals surface area contributed by atoms with Crippen LogP contribution in [0.5, 0.6) is 0 Å². The predicted octanol–water partition coefficient (Wildman–Crippen LogP) is 4.55. The van der Waals surface area contributed by atoms with E-state index >= 15 is 0 Å². The van der Waals surface area contributed by atoms with Crippen molar-refractivity contribution in [1.82, 2.24) is 0 Å². The zero-order valence-corrected chi connectivity index (χ0v) is 10.8. The van der Waals surface area contributed by atoms with Gasteiger partial charge in [-0.05, 0) is 24.3 Å². The number of benzene rings is 2. The smallest absolute Gasteiger partial charge is 0.0687 e. The van der Waals surface area contributed by atoms with Crippen molar-refractivity contribution in [1.29, 1.82) is 5.41 Å². The highest BCUT2D eigenvalue weighted by molar-refractivity contribution is 6.30. The standard InChI is InChI=1S/C18H17N/c19-18(16-9-5-2-6-10-16)17(13-14-11-12-14)15-7-3-1-4-8-15/h1-10,13-14,19H,11-12H2/b17-13+,19-18?. The molecule has 2 aromatic rings. The summed E-state index contributed by atoms with van der Waals surface area (Å²) in [7, 11) is 0. The summed E-state index contributed by atoms with van der Waals surface area (Å²) in [4.78, 5) is 0. The van der Waals surface area contributed by atoms with E-state index < -0.39 is 0 Å². The number of hydrogen-bond acceptors (Lipinski definition) is 1. The maximum absolute atomic E-state index is 8.48. The summed E-state index contributed by atoms with van der Waals surface area (Å²) >= 11 is 0. The van der Waals surface area contributed by atoms with Gasteiger partial charge in [0, 0.05) is 11.1 Å². The van der Waals surface area contributed by atoms with E-state index in [0.29, 0.717) is 11.6 Å². The van der Waals surface area contributed by atoms with Gasteiger partial charge < -0.3 is 0 Å². The molecule has 19 heavy (non-hydrogen) atoms. The van der Waals surface area contributed by atoms with Crippen LogP contribution in [-0.4, -0.2) is 5.71 Å². The molecule has 94 valence electrons. The van der Waals surface area contributed by atoms with Gasteiger partial charge in [0.1, 0.15) is 0 Å². The molecular formula is C18H17N. The summed E-state index contributed by atoms with van der Waals surface area (Å²) in [5.41, 5.74) is 3.81. The lowest BCUT2D eigenvalue weighted by Gasteiger charge is -2.10. The van der Waals surface area contributed by atoms with Crippen molar-refractivity contribution >= 4 is 11.3 Å². The van der Waals surface area contributed by atoms with Crippen molar-refractivity contribution < 1.29 is 0 Å². The van der Waals surface area contributed by atoms with Crippen LogP contribution in [0.2, 0.25) is 0 Å². The van der Waals surface area contributed by atoms with Crippen LogP contribution in [-0.2, 0) is 0 Å². The molecule has 1 aliphatic carbocycles. The molecule has 1 nitrogen and oxygen atoms in total. The minimum Gasteiger partial charge on any atom is -0.300 e. The van der Waals surface area contributed by atoms with E-state index in [1.165, 1.54) is 12.8 Å². The summed E-state index contributed by atoms with van der Waals surface area (Å²) in [5.74, 6) is 0.666. The molecule has 0 bridgehead atoms. The van der Waals surface area contributed by atoms with Crippen molar-refractivity contribution in [2.45, 2.75) is 12.8 Å². The van der Waals surface area contributed by atoms with Gasteiger partial charge in [0.2, 0.25) is 0 Å². The average molecular weight is 247 g/mol. The Bertz CT molecular complexity index is 592. The molecule has 0 amide bonds. The van der Waals surface area contributed by atoms with E-state index in [9.17, 15) is 0 Å². The van der Waals surface area contributed by atoms with Crippen LogP contribution < -0.4 is 0 Å². The van der Waals surface area contributed by atoms with Crippen LogP contribution in [0.15, 0.2) is 66.7 Å². The van der Waals surface area contributed by atoms with Crippen LogP contribution >= 0.6 is 0 Å². The molecule has 0 spiro atoms. The van der Waals surface area contributed by atoms with Crippen molar-refractivity contribution in [2.75, 3.05) is 0 Å². The van der Waals surface area contributed by atoms with Crippen molar-refractivity contribution in [3.63, 3.8) is 0 Å². The van der Waals surface area contributed by atoms with E-state index in [4.69, 9.17) is 5.41 Å². The Morgan fingerprint density at radius 3 is 1.89 bits per heavy atom. The van der Waals surface area contributed by atoms with Crippen LogP contribution in [0.1, 0.15) is 24.0 Å². The second kappa shape index (κ2) is 5.23. The molecule has 0 atom stereocenters. The first-order valence-electron chi connectivity index (χ1n) is 6.76. The Kier molecular flexibility index (Phi) is 3.28. The molecule has 1 saturated carbocycles. The molecule has 0 aromatic heterocycles. The third-order valence-electron chi connectivity index (χ3n) is 3.44. The third-order valence-corrected chi connectivity index (χ3v) is 3.44. The van der Waals surface area contributed by atoms with Gasteiger partial charge in [0.15, 0.2) is 0 Å². The van der Waals surface area contributed by atoms with Gasteiger partial charge in [-0.2, -0.15) is 0 Å². The number of nitrogens with one attached hydrogen (secondary N) is 1. The largest absolute Gasteiger partial charge is 0.300 e. The van der Waals surface area contributed by atoms with E-state index in [2.05, 4.69) is 18.2 Å². The van der Waals surface area contributed by atoms with Gasteiger partial charge in [-0.3, -0.25) is 5.41 Å². The monoisotopic (exact) mass is 247 g/mol. The first-order valence-corrected chi connectivity index (χ1v) is 6.76. The SMILES string of the molecule is N=C(/C(=C/C1CC1)c1ccccc1)c1ccccc1. The van der Waals surface area contributed by atoms with Gasteiger partial charge in [-0.15, -0.1) is 0 Å². The highest BCUT2D eigenvalue weighted by Gasteiger charge is 2.21. The van der Waals surface area contributed by atoms with Gasteiger partial charge in [-0.25, -0.2) is 0 Å². The van der Waals surface area contributed by atoms with Gasteiger partial charge in [0.25, 0.3) is 0 Å². The van der Waals surface area contributed by atoms with Gasteiger partial charge in [-0.1, -0.05) is 66.7 Å². The highest BCUT2D eigenvalue weighted by atomic mass is 14.4.